The number of benzene rings is 2. The lowest BCUT2D eigenvalue weighted by Crippen LogP contribution is -2.47. The number of carbonyl (C=O) groups excluding carboxylic acids is 3. The molecule has 0 aliphatic carbocycles. The molecule has 1 unspecified atom stereocenters. The van der Waals surface area contributed by atoms with Gasteiger partial charge in [-0.05, 0) is 56.0 Å². The molecule has 0 saturated carbocycles. The van der Waals surface area contributed by atoms with E-state index in [2.05, 4.69) is 10.6 Å². The topological polar surface area (TPSA) is 145 Å². The fraction of sp³-hybridized carbons (Fsp3) is 0.375. The lowest BCUT2D eigenvalue weighted by molar-refractivity contribution is -0.157. The minimum absolute atomic E-state index is 0.00927. The van der Waals surface area contributed by atoms with Gasteiger partial charge in [0.15, 0.2) is 6.10 Å². The molecule has 2 aromatic carbocycles. The standard InChI is InChI=1S/C24H31N3O6S/c1-15(2)21(27-23(29)19-7-5-6-16(3)14-19)24(30)33-17(4)22(28)26-13-12-18-8-10-20(11-9-18)34(25,31)32/h5-11,14-15,17,21H,12-13H2,1-4H3,(H,26,28)(H,27,29)(H2,25,31,32)/t17?,21-/m0/s1. The largest absolute Gasteiger partial charge is 0.451 e. The molecule has 0 radical (unpaired) electrons. The molecule has 0 aliphatic rings. The summed E-state index contributed by atoms with van der Waals surface area (Å²) in [6.07, 6.45) is -0.618. The van der Waals surface area contributed by atoms with Crippen LogP contribution in [0.4, 0.5) is 0 Å². The van der Waals surface area contributed by atoms with Crippen molar-refractivity contribution in [3.63, 3.8) is 0 Å². The Labute approximate surface area is 200 Å². The molecule has 10 heteroatoms. The summed E-state index contributed by atoms with van der Waals surface area (Å²) < 4.78 is 27.9. The average Bonchev–Trinajstić information content (AvgIpc) is 2.76. The van der Waals surface area contributed by atoms with E-state index in [4.69, 9.17) is 9.88 Å². The van der Waals surface area contributed by atoms with Crippen molar-refractivity contribution in [1.82, 2.24) is 10.6 Å². The second-order valence-electron chi connectivity index (χ2n) is 8.37. The van der Waals surface area contributed by atoms with Crippen LogP contribution in [0, 0.1) is 12.8 Å². The molecule has 2 rings (SSSR count). The molecule has 184 valence electrons. The zero-order valence-corrected chi connectivity index (χ0v) is 20.5. The summed E-state index contributed by atoms with van der Waals surface area (Å²) in [7, 11) is -3.76. The fourth-order valence-electron chi connectivity index (χ4n) is 3.13. The molecule has 0 aliphatic heterocycles. The van der Waals surface area contributed by atoms with Crippen LogP contribution in [0.2, 0.25) is 0 Å². The van der Waals surface area contributed by atoms with Crippen molar-refractivity contribution in [3.05, 3.63) is 65.2 Å². The summed E-state index contributed by atoms with van der Waals surface area (Å²) in [6.45, 7) is 7.12. The second kappa shape index (κ2) is 11.8. The lowest BCUT2D eigenvalue weighted by Gasteiger charge is -2.23. The van der Waals surface area contributed by atoms with Crippen LogP contribution in [0.1, 0.15) is 42.3 Å². The number of aryl methyl sites for hydroxylation is 1. The number of primary sulfonamides is 1. The first kappa shape index (κ1) is 27.0. The van der Waals surface area contributed by atoms with Gasteiger partial charge in [-0.15, -0.1) is 0 Å². The summed E-state index contributed by atoms with van der Waals surface area (Å²) in [5, 5.41) is 10.4. The van der Waals surface area contributed by atoms with Crippen LogP contribution in [0.15, 0.2) is 53.4 Å². The number of nitrogens with one attached hydrogen (secondary N) is 2. The Morgan fingerprint density at radius 3 is 2.24 bits per heavy atom. The number of sulfonamides is 1. The van der Waals surface area contributed by atoms with Crippen LogP contribution in [-0.4, -0.2) is 44.9 Å². The van der Waals surface area contributed by atoms with Gasteiger partial charge in [0.05, 0.1) is 4.90 Å². The first-order chi connectivity index (χ1) is 15.9. The molecule has 4 N–H and O–H groups in total. The highest BCUT2D eigenvalue weighted by Crippen LogP contribution is 2.11. The highest BCUT2D eigenvalue weighted by molar-refractivity contribution is 7.89. The van der Waals surface area contributed by atoms with E-state index in [9.17, 15) is 22.8 Å². The number of carbonyl (C=O) groups is 3. The Morgan fingerprint density at radius 2 is 1.68 bits per heavy atom. The Hall–Kier alpha value is -3.24. The minimum atomic E-state index is -3.76. The van der Waals surface area contributed by atoms with Crippen molar-refractivity contribution in [2.45, 2.75) is 51.2 Å². The van der Waals surface area contributed by atoms with E-state index in [1.807, 2.05) is 13.0 Å². The van der Waals surface area contributed by atoms with Crippen molar-refractivity contribution < 1.29 is 27.5 Å². The summed E-state index contributed by atoms with van der Waals surface area (Å²) in [5.41, 5.74) is 2.15. The first-order valence-electron chi connectivity index (χ1n) is 10.9. The summed E-state index contributed by atoms with van der Waals surface area (Å²) in [4.78, 5) is 37.6. The third kappa shape index (κ3) is 7.96. The van der Waals surface area contributed by atoms with Crippen LogP contribution in [0.5, 0.6) is 0 Å². The van der Waals surface area contributed by atoms with Gasteiger partial charge in [-0.3, -0.25) is 9.59 Å². The Bertz CT molecular complexity index is 1130. The van der Waals surface area contributed by atoms with Gasteiger partial charge in [-0.2, -0.15) is 0 Å². The van der Waals surface area contributed by atoms with Crippen molar-refractivity contribution >= 4 is 27.8 Å². The summed E-state index contributed by atoms with van der Waals surface area (Å²) >= 11 is 0. The number of nitrogens with two attached hydrogens (primary N) is 1. The molecule has 0 saturated heterocycles. The highest BCUT2D eigenvalue weighted by atomic mass is 32.2. The van der Waals surface area contributed by atoms with Gasteiger partial charge in [0.1, 0.15) is 6.04 Å². The minimum Gasteiger partial charge on any atom is -0.451 e. The van der Waals surface area contributed by atoms with Gasteiger partial charge in [0.25, 0.3) is 11.8 Å². The molecule has 0 fully saturated rings. The smallest absolute Gasteiger partial charge is 0.329 e. The maximum Gasteiger partial charge on any atom is 0.329 e. The molecule has 2 atom stereocenters. The van der Waals surface area contributed by atoms with Crippen molar-refractivity contribution in [2.75, 3.05) is 6.54 Å². The molecule has 2 aromatic rings. The van der Waals surface area contributed by atoms with Gasteiger partial charge in [-0.25, -0.2) is 18.4 Å². The van der Waals surface area contributed by atoms with E-state index in [-0.39, 0.29) is 17.4 Å². The maximum absolute atomic E-state index is 12.7. The fourth-order valence-corrected chi connectivity index (χ4v) is 3.64. The predicted molar refractivity (Wildman–Crippen MR) is 127 cm³/mol. The maximum atomic E-state index is 12.7. The molecule has 0 heterocycles. The Kier molecular flexibility index (Phi) is 9.34. The lowest BCUT2D eigenvalue weighted by atomic mass is 10.0. The third-order valence-corrected chi connectivity index (χ3v) is 6.04. The van der Waals surface area contributed by atoms with Gasteiger partial charge < -0.3 is 15.4 Å². The number of esters is 1. The third-order valence-electron chi connectivity index (χ3n) is 5.11. The van der Waals surface area contributed by atoms with Crippen molar-refractivity contribution in [2.24, 2.45) is 11.1 Å². The van der Waals surface area contributed by atoms with Crippen LogP contribution in [0.3, 0.4) is 0 Å². The van der Waals surface area contributed by atoms with E-state index in [1.54, 1.807) is 44.2 Å². The Balaban J connectivity index is 1.88. The molecular formula is C24H31N3O6S. The SMILES string of the molecule is Cc1cccc(C(=O)N[C@H](C(=O)OC(C)C(=O)NCCc2ccc(S(N)(=O)=O)cc2)C(C)C)c1. The van der Waals surface area contributed by atoms with Crippen molar-refractivity contribution in [1.29, 1.82) is 0 Å². The number of hydrogen-bond donors (Lipinski definition) is 3. The normalized spacial score (nSPS) is 13.1. The van der Waals surface area contributed by atoms with Gasteiger partial charge >= 0.3 is 5.97 Å². The Morgan fingerprint density at radius 1 is 1.03 bits per heavy atom. The molecule has 0 spiro atoms. The summed E-state index contributed by atoms with van der Waals surface area (Å²) in [6, 6.07) is 12.1. The zero-order chi connectivity index (χ0) is 25.5. The van der Waals surface area contributed by atoms with E-state index in [0.29, 0.717) is 12.0 Å². The number of amides is 2. The van der Waals surface area contributed by atoms with E-state index in [0.717, 1.165) is 11.1 Å². The highest BCUT2D eigenvalue weighted by Gasteiger charge is 2.29. The van der Waals surface area contributed by atoms with Crippen LogP contribution in [0.25, 0.3) is 0 Å². The molecule has 0 bridgehead atoms. The number of rotatable bonds is 10. The molecular weight excluding hydrogens is 458 g/mol. The molecule has 9 nitrogen and oxygen atoms in total. The van der Waals surface area contributed by atoms with Gasteiger partial charge in [0.2, 0.25) is 10.0 Å². The average molecular weight is 490 g/mol. The van der Waals surface area contributed by atoms with Gasteiger partial charge in [-0.1, -0.05) is 43.7 Å². The van der Waals surface area contributed by atoms with Crippen molar-refractivity contribution in [3.8, 4) is 0 Å². The van der Waals surface area contributed by atoms with Crippen LogP contribution < -0.4 is 15.8 Å². The number of ether oxygens (including phenoxy) is 1. The quantitative estimate of drug-likeness (QED) is 0.433. The molecule has 34 heavy (non-hydrogen) atoms. The first-order valence-corrected chi connectivity index (χ1v) is 12.4. The molecule has 2 amide bonds. The van der Waals surface area contributed by atoms with Crippen LogP contribution in [-0.2, 0) is 30.8 Å². The zero-order valence-electron chi connectivity index (χ0n) is 19.7. The number of hydrogen-bond acceptors (Lipinski definition) is 6. The second-order valence-corrected chi connectivity index (χ2v) is 9.94. The van der Waals surface area contributed by atoms with Gasteiger partial charge in [0, 0.05) is 12.1 Å². The monoisotopic (exact) mass is 489 g/mol. The van der Waals surface area contributed by atoms with E-state index >= 15 is 0 Å². The predicted octanol–water partition coefficient (Wildman–Crippen LogP) is 1.69. The molecule has 0 aromatic heterocycles. The van der Waals surface area contributed by atoms with E-state index in [1.165, 1.54) is 19.1 Å². The van der Waals surface area contributed by atoms with Crippen LogP contribution >= 0.6 is 0 Å². The summed E-state index contributed by atoms with van der Waals surface area (Å²) in [5.74, 6) is -1.83. The van der Waals surface area contributed by atoms with E-state index < -0.39 is 40.0 Å².